The Morgan fingerprint density at radius 3 is 2.11 bits per heavy atom. The Balaban J connectivity index is 2.86. The highest BCUT2D eigenvalue weighted by molar-refractivity contribution is 6.18. The second-order valence-corrected chi connectivity index (χ2v) is 2.54. The van der Waals surface area contributed by atoms with E-state index in [0.717, 1.165) is 31.0 Å². The van der Waals surface area contributed by atoms with Gasteiger partial charge in [0.05, 0.1) is 0 Å². The fraction of sp³-hybridized carbons (Fsp3) is 0.714. The molecule has 9 heavy (non-hydrogen) atoms. The normalized spacial score (nSPS) is 10.9. The Morgan fingerprint density at radius 1 is 0.889 bits per heavy atom. The molecule has 0 aromatic rings. The number of hydrogen-bond donors (Lipinski definition) is 0. The van der Waals surface area contributed by atoms with Gasteiger partial charge in [-0.1, -0.05) is 12.2 Å². The minimum atomic E-state index is 0.720. The van der Waals surface area contributed by atoms with Crippen molar-refractivity contribution in [3.05, 3.63) is 12.2 Å². The predicted octanol–water partition coefficient (Wildman–Crippen LogP) is 3.19. The molecule has 0 amide bonds. The van der Waals surface area contributed by atoms with Gasteiger partial charge in [0.15, 0.2) is 0 Å². The van der Waals surface area contributed by atoms with Crippen LogP contribution in [0, 0.1) is 0 Å². The van der Waals surface area contributed by atoms with Crippen molar-refractivity contribution in [3.8, 4) is 0 Å². The molecule has 0 aliphatic rings. The van der Waals surface area contributed by atoms with E-state index in [1.165, 1.54) is 0 Å². The molecule has 54 valence electrons. The van der Waals surface area contributed by atoms with Crippen LogP contribution in [0.1, 0.15) is 19.3 Å². The van der Waals surface area contributed by atoms with Gasteiger partial charge in [-0.3, -0.25) is 0 Å². The zero-order valence-electron chi connectivity index (χ0n) is 5.45. The van der Waals surface area contributed by atoms with Gasteiger partial charge in [0, 0.05) is 11.8 Å². The fourth-order valence-electron chi connectivity index (χ4n) is 0.494. The smallest absolute Gasteiger partial charge is 0.0257 e. The lowest BCUT2D eigenvalue weighted by atomic mass is 10.3. The van der Waals surface area contributed by atoms with Crippen molar-refractivity contribution < 1.29 is 0 Å². The molecule has 0 aliphatic heterocycles. The summed E-state index contributed by atoms with van der Waals surface area (Å²) in [6.07, 6.45) is 7.36. The molecule has 0 aromatic carbocycles. The average Bonchev–Trinajstić information content (AvgIpc) is 1.89. The second kappa shape index (κ2) is 8.32. The number of halogens is 2. The number of hydrogen-bond acceptors (Lipinski definition) is 0. The molecule has 0 nitrogen and oxygen atoms in total. The minimum Gasteiger partial charge on any atom is -0.127 e. The summed E-state index contributed by atoms with van der Waals surface area (Å²) >= 11 is 10.9. The summed E-state index contributed by atoms with van der Waals surface area (Å²) in [5.41, 5.74) is 0. The number of alkyl halides is 2. The largest absolute Gasteiger partial charge is 0.127 e. The third-order valence-electron chi connectivity index (χ3n) is 0.947. The zero-order chi connectivity index (χ0) is 6.95. The number of unbranched alkanes of at least 4 members (excludes halogenated alkanes) is 1. The van der Waals surface area contributed by atoms with E-state index >= 15 is 0 Å². The highest BCUT2D eigenvalue weighted by Crippen LogP contribution is 1.95. The van der Waals surface area contributed by atoms with Gasteiger partial charge in [0.1, 0.15) is 0 Å². The number of rotatable bonds is 5. The lowest BCUT2D eigenvalue weighted by molar-refractivity contribution is 0.959. The SMILES string of the molecule is ClCCC=CCCCCl. The molecule has 0 unspecified atom stereocenters. The molecule has 0 aromatic heterocycles. The first-order valence-corrected chi connectivity index (χ1v) is 4.25. The van der Waals surface area contributed by atoms with E-state index in [4.69, 9.17) is 23.2 Å². The molecule has 0 saturated heterocycles. The molecule has 0 atom stereocenters. The topological polar surface area (TPSA) is 0 Å². The summed E-state index contributed by atoms with van der Waals surface area (Å²) in [7, 11) is 0. The van der Waals surface area contributed by atoms with Crippen molar-refractivity contribution >= 4 is 23.2 Å². The maximum absolute atomic E-state index is 5.45. The quantitative estimate of drug-likeness (QED) is 0.335. The van der Waals surface area contributed by atoms with Crippen molar-refractivity contribution in [2.45, 2.75) is 19.3 Å². The van der Waals surface area contributed by atoms with Crippen molar-refractivity contribution in [1.29, 1.82) is 0 Å². The average molecular weight is 167 g/mol. The van der Waals surface area contributed by atoms with Crippen LogP contribution < -0.4 is 0 Å². The summed E-state index contributed by atoms with van der Waals surface area (Å²) in [6, 6.07) is 0. The van der Waals surface area contributed by atoms with Gasteiger partial charge >= 0.3 is 0 Å². The van der Waals surface area contributed by atoms with Crippen LogP contribution in [-0.4, -0.2) is 11.8 Å². The summed E-state index contributed by atoms with van der Waals surface area (Å²) in [5.74, 6) is 1.47. The molecule has 0 saturated carbocycles. The minimum absolute atomic E-state index is 0.720. The van der Waals surface area contributed by atoms with Crippen LogP contribution >= 0.6 is 23.2 Å². The second-order valence-electron chi connectivity index (χ2n) is 1.78. The Kier molecular flexibility index (Phi) is 8.62. The monoisotopic (exact) mass is 166 g/mol. The third-order valence-corrected chi connectivity index (χ3v) is 1.43. The van der Waals surface area contributed by atoms with Crippen LogP contribution in [0.3, 0.4) is 0 Å². The molecule has 2 heteroatoms. The van der Waals surface area contributed by atoms with Crippen molar-refractivity contribution in [2.24, 2.45) is 0 Å². The lowest BCUT2D eigenvalue weighted by Crippen LogP contribution is -1.71. The van der Waals surface area contributed by atoms with E-state index in [-0.39, 0.29) is 0 Å². The Labute approximate surface area is 66.8 Å². The van der Waals surface area contributed by atoms with Crippen molar-refractivity contribution in [3.63, 3.8) is 0 Å². The van der Waals surface area contributed by atoms with Crippen LogP contribution in [-0.2, 0) is 0 Å². The summed E-state index contributed by atoms with van der Waals surface area (Å²) in [4.78, 5) is 0. The molecule has 0 aliphatic carbocycles. The van der Waals surface area contributed by atoms with Gasteiger partial charge in [-0.05, 0) is 19.3 Å². The van der Waals surface area contributed by atoms with Gasteiger partial charge < -0.3 is 0 Å². The Bertz CT molecular complexity index is 69.3. The molecule has 0 N–H and O–H groups in total. The predicted molar refractivity (Wildman–Crippen MR) is 44.4 cm³/mol. The highest BCUT2D eigenvalue weighted by atomic mass is 35.5. The van der Waals surface area contributed by atoms with Gasteiger partial charge in [0.2, 0.25) is 0 Å². The van der Waals surface area contributed by atoms with E-state index in [1.54, 1.807) is 0 Å². The molecule has 0 radical (unpaired) electrons. The fourth-order valence-corrected chi connectivity index (χ4v) is 0.774. The zero-order valence-corrected chi connectivity index (χ0v) is 6.96. The van der Waals surface area contributed by atoms with Crippen molar-refractivity contribution in [1.82, 2.24) is 0 Å². The first-order valence-electron chi connectivity index (χ1n) is 3.18. The van der Waals surface area contributed by atoms with Crippen LogP contribution in [0.25, 0.3) is 0 Å². The van der Waals surface area contributed by atoms with E-state index < -0.39 is 0 Å². The highest BCUT2D eigenvalue weighted by Gasteiger charge is 1.78. The molecule has 0 rings (SSSR count). The molecule has 0 bridgehead atoms. The number of allylic oxidation sites excluding steroid dienone is 2. The molecular weight excluding hydrogens is 155 g/mol. The Hall–Kier alpha value is 0.320. The van der Waals surface area contributed by atoms with Gasteiger partial charge in [-0.2, -0.15) is 0 Å². The molecular formula is C7H12Cl2. The van der Waals surface area contributed by atoms with Gasteiger partial charge in [-0.25, -0.2) is 0 Å². The van der Waals surface area contributed by atoms with Crippen molar-refractivity contribution in [2.75, 3.05) is 11.8 Å². The first-order chi connectivity index (χ1) is 4.41. The van der Waals surface area contributed by atoms with Crippen LogP contribution in [0.15, 0.2) is 12.2 Å². The molecule has 0 spiro atoms. The summed E-state index contributed by atoms with van der Waals surface area (Å²) in [6.45, 7) is 0. The molecule has 0 fully saturated rings. The van der Waals surface area contributed by atoms with E-state index in [1.807, 2.05) is 0 Å². The van der Waals surface area contributed by atoms with E-state index in [9.17, 15) is 0 Å². The van der Waals surface area contributed by atoms with Crippen LogP contribution in [0.4, 0.5) is 0 Å². The van der Waals surface area contributed by atoms with Gasteiger partial charge in [0.25, 0.3) is 0 Å². The maximum Gasteiger partial charge on any atom is 0.0257 e. The van der Waals surface area contributed by atoms with Gasteiger partial charge in [-0.15, -0.1) is 23.2 Å². The summed E-state index contributed by atoms with van der Waals surface area (Å²) in [5, 5.41) is 0. The van der Waals surface area contributed by atoms with E-state index in [2.05, 4.69) is 12.2 Å². The van der Waals surface area contributed by atoms with Crippen LogP contribution in [0.2, 0.25) is 0 Å². The Morgan fingerprint density at radius 2 is 1.56 bits per heavy atom. The standard InChI is InChI=1S/C7H12Cl2/c8-6-4-2-1-3-5-7-9/h1-2H,3-7H2. The van der Waals surface area contributed by atoms with Crippen LogP contribution in [0.5, 0.6) is 0 Å². The third kappa shape index (κ3) is 8.32. The lowest BCUT2D eigenvalue weighted by Gasteiger charge is -1.85. The van der Waals surface area contributed by atoms with E-state index in [0.29, 0.717) is 0 Å². The summed E-state index contributed by atoms with van der Waals surface area (Å²) < 4.78 is 0. The first kappa shape index (κ1) is 9.32. The maximum atomic E-state index is 5.45. The molecule has 0 heterocycles.